The number of nitrogens with zero attached hydrogens (tertiary/aromatic N) is 2. The molecule has 0 bridgehead atoms. The van der Waals surface area contributed by atoms with E-state index in [1.165, 1.54) is 94.9 Å². The number of benzene rings is 9. The molecule has 0 saturated carbocycles. The van der Waals surface area contributed by atoms with Gasteiger partial charge in [-0.15, -0.1) is 0 Å². The predicted molar refractivity (Wildman–Crippen MR) is 251 cm³/mol. The third kappa shape index (κ3) is 5.38. The Kier molecular flexibility index (Phi) is 7.77. The second-order valence-electron chi connectivity index (χ2n) is 14.9. The number of aromatic nitrogens is 1. The first kappa shape index (κ1) is 33.5. The van der Waals surface area contributed by atoms with Gasteiger partial charge in [-0.2, -0.15) is 0 Å². The first-order valence-electron chi connectivity index (χ1n) is 19.7. The largest absolute Gasteiger partial charge is 0.0602 e. The molecule has 58 heavy (non-hydrogen) atoms. The van der Waals surface area contributed by atoms with Crippen LogP contribution < -0.4 is 4.90 Å². The van der Waals surface area contributed by atoms with Crippen LogP contribution in [0.25, 0.3) is 89.2 Å². The molecule has 12 aromatic rings. The van der Waals surface area contributed by atoms with Crippen LogP contribution in [0.3, 0.4) is 0 Å². The Bertz CT molecular complexity index is 3500. The van der Waals surface area contributed by atoms with Crippen molar-refractivity contribution >= 4 is 104 Å². The molecule has 0 aliphatic carbocycles. The monoisotopic (exact) mass is 822 g/mol. The zero-order chi connectivity index (χ0) is 38.2. The Hall–Kier alpha value is -6.68. The molecule has 0 unspecified atom stereocenters. The minimum Gasteiger partial charge on any atom is -0.0602 e. The number of para-hydroxylation sites is 2. The Labute approximate surface area is 345 Å². The number of anilines is 3. The summed E-state index contributed by atoms with van der Waals surface area (Å²) in [5.74, 6) is 0. The van der Waals surface area contributed by atoms with Crippen molar-refractivity contribution in [2.45, 2.75) is 0 Å². The van der Waals surface area contributed by atoms with Crippen molar-refractivity contribution in [2.75, 3.05) is 4.90 Å². The average molecular weight is 822 g/mol. The maximum absolute atomic E-state index is 2.44. The van der Waals surface area contributed by atoms with Crippen molar-refractivity contribution < 1.29 is 0 Å². The number of hydrogen-bond donors (Lipinski definition) is 0. The number of thiophene rings is 1. The van der Waals surface area contributed by atoms with Crippen LogP contribution in [-0.4, -0.2) is 19.1 Å². The molecule has 0 radical (unpaired) electrons. The normalized spacial score (nSPS) is 11.8. The van der Waals surface area contributed by atoms with E-state index in [9.17, 15) is 0 Å². The van der Waals surface area contributed by atoms with E-state index in [1.807, 2.05) is 11.3 Å². The van der Waals surface area contributed by atoms with Crippen LogP contribution in [-0.2, 0) is 0 Å². The minimum atomic E-state index is 0.333. The van der Waals surface area contributed by atoms with Gasteiger partial charge in [-0.25, -0.2) is 0 Å². The van der Waals surface area contributed by atoms with Crippen LogP contribution in [0.15, 0.2) is 206 Å². The summed E-state index contributed by atoms with van der Waals surface area (Å²) in [4.78, 5) is 2.44. The molecule has 0 atom stereocenters. The van der Waals surface area contributed by atoms with E-state index in [4.69, 9.17) is 0 Å². The minimum absolute atomic E-state index is 0.333. The van der Waals surface area contributed by atoms with Gasteiger partial charge in [0.25, 0.3) is 0 Å². The second-order valence-corrected chi connectivity index (χ2v) is 18.3. The van der Waals surface area contributed by atoms with Crippen LogP contribution in [0.4, 0.5) is 17.1 Å². The van der Waals surface area contributed by atoms with Gasteiger partial charge in [-0.05, 0) is 42.0 Å². The molecule has 4 heteroatoms. The Morgan fingerprint density at radius 3 is 1.76 bits per heavy atom. The van der Waals surface area contributed by atoms with E-state index in [-0.39, 0.29) is 0 Å². The first-order chi connectivity index (χ1) is 28.7. The van der Waals surface area contributed by atoms with Gasteiger partial charge in [0, 0.05) is 16.5 Å². The molecule has 0 saturated heterocycles. The summed E-state index contributed by atoms with van der Waals surface area (Å²) in [5.41, 5.74) is 11.9. The smallest absolute Gasteiger partial charge is 0.0541 e. The molecule has 0 spiro atoms. The van der Waals surface area contributed by atoms with Gasteiger partial charge in [0.05, 0.1) is 11.0 Å². The first-order valence-corrected chi connectivity index (χ1v) is 22.2. The summed E-state index contributed by atoms with van der Waals surface area (Å²) in [6.45, 7) is 0. The van der Waals surface area contributed by atoms with Crippen molar-refractivity contribution in [1.29, 1.82) is 0 Å². The zero-order valence-corrected chi connectivity index (χ0v) is 33.9. The Morgan fingerprint density at radius 1 is 0.379 bits per heavy atom. The topological polar surface area (TPSA) is 8.17 Å². The Morgan fingerprint density at radius 2 is 0.966 bits per heavy atom. The van der Waals surface area contributed by atoms with Gasteiger partial charge in [0.2, 0.25) is 0 Å². The molecule has 0 amide bonds. The molecule has 0 N–H and O–H groups in total. The van der Waals surface area contributed by atoms with Gasteiger partial charge >= 0.3 is 219 Å². The fraction of sp³-hybridized carbons (Fsp3) is 0. The van der Waals surface area contributed by atoms with Crippen molar-refractivity contribution in [3.8, 4) is 27.9 Å². The fourth-order valence-electron chi connectivity index (χ4n) is 8.89. The van der Waals surface area contributed by atoms with E-state index in [1.54, 1.807) is 0 Å². The van der Waals surface area contributed by atoms with E-state index in [2.05, 4.69) is 216 Å². The maximum Gasteiger partial charge on any atom is 0.0541 e. The van der Waals surface area contributed by atoms with Crippen LogP contribution in [0.5, 0.6) is 0 Å². The van der Waals surface area contributed by atoms with Crippen molar-refractivity contribution in [3.63, 3.8) is 0 Å². The van der Waals surface area contributed by atoms with E-state index in [0.717, 1.165) is 11.4 Å². The molecule has 3 aromatic heterocycles. The molecule has 3 heterocycles. The molecular weight excluding hydrogens is 788 g/mol. The van der Waals surface area contributed by atoms with E-state index < -0.39 is 0 Å². The average Bonchev–Trinajstić information content (AvgIpc) is 3.97. The van der Waals surface area contributed by atoms with E-state index >= 15 is 0 Å². The number of hydrogen-bond acceptors (Lipinski definition) is 2. The molecular formula is C54H34N2SSe. The summed E-state index contributed by atoms with van der Waals surface area (Å²) in [7, 11) is 0. The van der Waals surface area contributed by atoms with Crippen LogP contribution >= 0.6 is 11.3 Å². The van der Waals surface area contributed by atoms with Crippen LogP contribution in [0.2, 0.25) is 0 Å². The summed E-state index contributed by atoms with van der Waals surface area (Å²) in [6, 6.07) is 76.0. The number of rotatable bonds is 6. The molecule has 0 fully saturated rings. The standard InChI is InChI=1S/C54H34N2SSe/c1-2-11-39(12-3-1)56-47-16-7-4-13-42(47)46-33-37(26-32-48(46)56)35-21-27-40(28-22-35)55(49-17-10-19-51-54(49)45-15-5-8-18-50(45)57-51)41-29-23-36(24-30-41)38-25-31-44-43-14-6-9-20-52(43)58-53(44)34-38/h1-34H. The quantitative estimate of drug-likeness (QED) is 0.152. The molecule has 12 rings (SSSR count). The summed E-state index contributed by atoms with van der Waals surface area (Å²) in [5, 5.41) is 7.88. The molecule has 272 valence electrons. The van der Waals surface area contributed by atoms with Crippen molar-refractivity contribution in [2.24, 2.45) is 0 Å². The molecule has 0 aliphatic rings. The summed E-state index contributed by atoms with van der Waals surface area (Å²) < 4.78 is 7.92. The van der Waals surface area contributed by atoms with Crippen LogP contribution in [0, 0.1) is 0 Å². The third-order valence-corrected chi connectivity index (χ3v) is 15.1. The van der Waals surface area contributed by atoms with Gasteiger partial charge in [-0.3, -0.25) is 0 Å². The maximum atomic E-state index is 2.44. The fourth-order valence-corrected chi connectivity index (χ4v) is 12.4. The SMILES string of the molecule is c1ccc(-n2c3ccccc3c3cc(-c4ccc(N(c5ccc(-c6ccc7c(c6)[se]c6ccccc67)cc5)c5cccc6sc7ccccc7c56)cc4)ccc32)cc1. The van der Waals surface area contributed by atoms with Gasteiger partial charge < -0.3 is 4.57 Å². The molecule has 9 aromatic carbocycles. The predicted octanol–water partition coefficient (Wildman–Crippen LogP) is 15.3. The number of fused-ring (bicyclic) bond motifs is 9. The van der Waals surface area contributed by atoms with Crippen molar-refractivity contribution in [3.05, 3.63) is 206 Å². The van der Waals surface area contributed by atoms with Gasteiger partial charge in [0.15, 0.2) is 0 Å². The molecule has 0 aliphatic heterocycles. The zero-order valence-electron chi connectivity index (χ0n) is 31.3. The molecule has 2 nitrogen and oxygen atoms in total. The summed E-state index contributed by atoms with van der Waals surface area (Å²) in [6.07, 6.45) is 0. The van der Waals surface area contributed by atoms with Gasteiger partial charge in [0.1, 0.15) is 0 Å². The van der Waals surface area contributed by atoms with Crippen molar-refractivity contribution in [1.82, 2.24) is 4.57 Å². The van der Waals surface area contributed by atoms with E-state index in [0.29, 0.717) is 14.5 Å². The second kappa shape index (κ2) is 13.5. The summed E-state index contributed by atoms with van der Waals surface area (Å²) >= 11 is 2.20. The third-order valence-electron chi connectivity index (χ3n) is 11.6. The Balaban J connectivity index is 0.967. The van der Waals surface area contributed by atoms with Crippen LogP contribution in [0.1, 0.15) is 0 Å². The van der Waals surface area contributed by atoms with Gasteiger partial charge in [-0.1, -0.05) is 54.6 Å².